The van der Waals surface area contributed by atoms with Gasteiger partial charge in [0.15, 0.2) is 0 Å². The first-order valence-electron chi connectivity index (χ1n) is 11.9. The van der Waals surface area contributed by atoms with Gasteiger partial charge < -0.3 is 10.6 Å². The molecule has 0 aliphatic carbocycles. The molecule has 3 rings (SSSR count). The Morgan fingerprint density at radius 1 is 1.19 bits per heavy atom. The molecule has 0 aliphatic heterocycles. The highest BCUT2D eigenvalue weighted by Gasteiger charge is 2.29. The standard InChI is InChI=1S/C27H34ClN5O2S/c1-17-13-21(10-12-29-17)32-26(35)23(9-11-27(4,5)6)33(16-34)25-8-7-24(36-25)19(3)31-22-14-20(28)15-30-18(22)2/h7-8,10,12-16,19,23,31H,9,11H2,1-6H3,(H,29,32,35)/t19-,23-/m0/s1. The average Bonchev–Trinajstić information content (AvgIpc) is 3.28. The number of hydrogen-bond acceptors (Lipinski definition) is 6. The van der Waals surface area contributed by atoms with Crippen molar-refractivity contribution in [2.75, 3.05) is 15.5 Å². The fourth-order valence-corrected chi connectivity index (χ4v) is 4.95. The summed E-state index contributed by atoms with van der Waals surface area (Å²) in [5.41, 5.74) is 3.19. The molecule has 2 atom stereocenters. The van der Waals surface area contributed by atoms with Gasteiger partial charge in [-0.1, -0.05) is 32.4 Å². The molecule has 0 aliphatic rings. The zero-order chi connectivity index (χ0) is 26.5. The first kappa shape index (κ1) is 27.6. The first-order chi connectivity index (χ1) is 17.0. The number of aromatic nitrogens is 2. The van der Waals surface area contributed by atoms with E-state index in [-0.39, 0.29) is 17.4 Å². The third-order valence-corrected chi connectivity index (χ3v) is 7.29. The van der Waals surface area contributed by atoms with Crippen LogP contribution in [0.2, 0.25) is 5.02 Å². The number of nitrogens with zero attached hydrogens (tertiary/aromatic N) is 3. The Kier molecular flexibility index (Phi) is 9.08. The molecule has 0 aromatic carbocycles. The summed E-state index contributed by atoms with van der Waals surface area (Å²) in [6.45, 7) is 12.2. The van der Waals surface area contributed by atoms with Crippen LogP contribution in [0.15, 0.2) is 42.7 Å². The zero-order valence-corrected chi connectivity index (χ0v) is 23.2. The summed E-state index contributed by atoms with van der Waals surface area (Å²) in [5, 5.41) is 7.69. The van der Waals surface area contributed by atoms with Crippen molar-refractivity contribution in [2.24, 2.45) is 5.41 Å². The highest BCUT2D eigenvalue weighted by atomic mass is 35.5. The Morgan fingerprint density at radius 2 is 1.94 bits per heavy atom. The third-order valence-electron chi connectivity index (χ3n) is 5.80. The second kappa shape index (κ2) is 11.8. The van der Waals surface area contributed by atoms with E-state index in [0.29, 0.717) is 17.1 Å². The predicted molar refractivity (Wildman–Crippen MR) is 149 cm³/mol. The lowest BCUT2D eigenvalue weighted by atomic mass is 9.88. The Bertz CT molecular complexity index is 1210. The van der Waals surface area contributed by atoms with E-state index >= 15 is 0 Å². The summed E-state index contributed by atoms with van der Waals surface area (Å²) < 4.78 is 0. The highest BCUT2D eigenvalue weighted by Crippen LogP contribution is 2.34. The Balaban J connectivity index is 1.83. The van der Waals surface area contributed by atoms with Gasteiger partial charge in [-0.2, -0.15) is 0 Å². The predicted octanol–water partition coefficient (Wildman–Crippen LogP) is 6.78. The fourth-order valence-electron chi connectivity index (χ4n) is 3.77. The number of hydrogen-bond donors (Lipinski definition) is 2. The van der Waals surface area contributed by atoms with E-state index in [0.717, 1.165) is 39.8 Å². The Hall–Kier alpha value is -2.97. The molecule has 2 amide bonds. The maximum atomic E-state index is 13.4. The summed E-state index contributed by atoms with van der Waals surface area (Å²) in [5.74, 6) is -0.223. The van der Waals surface area contributed by atoms with Crippen LogP contribution in [0.4, 0.5) is 16.4 Å². The second-order valence-electron chi connectivity index (χ2n) is 10.1. The van der Waals surface area contributed by atoms with E-state index in [1.54, 1.807) is 23.4 Å². The first-order valence-corrected chi connectivity index (χ1v) is 13.1. The topological polar surface area (TPSA) is 87.2 Å². The average molecular weight is 528 g/mol. The van der Waals surface area contributed by atoms with Gasteiger partial charge in [-0.15, -0.1) is 11.3 Å². The summed E-state index contributed by atoms with van der Waals surface area (Å²) >= 11 is 7.60. The minimum Gasteiger partial charge on any atom is -0.376 e. The van der Waals surface area contributed by atoms with Crippen molar-refractivity contribution < 1.29 is 9.59 Å². The molecule has 36 heavy (non-hydrogen) atoms. The van der Waals surface area contributed by atoms with Crippen LogP contribution in [0.5, 0.6) is 0 Å². The van der Waals surface area contributed by atoms with Crippen molar-refractivity contribution in [2.45, 2.75) is 66.5 Å². The van der Waals surface area contributed by atoms with E-state index in [4.69, 9.17) is 11.6 Å². The zero-order valence-electron chi connectivity index (χ0n) is 21.6. The largest absolute Gasteiger partial charge is 0.376 e. The quantitative estimate of drug-likeness (QED) is 0.284. The Labute approximate surface area is 222 Å². The van der Waals surface area contributed by atoms with Gasteiger partial charge in [-0.3, -0.25) is 24.5 Å². The molecule has 3 heterocycles. The van der Waals surface area contributed by atoms with E-state index in [1.807, 2.05) is 45.0 Å². The van der Waals surface area contributed by atoms with Crippen molar-refractivity contribution >= 4 is 51.6 Å². The molecule has 192 valence electrons. The van der Waals surface area contributed by atoms with Gasteiger partial charge in [-0.25, -0.2) is 0 Å². The van der Waals surface area contributed by atoms with Crippen molar-refractivity contribution in [3.63, 3.8) is 0 Å². The molecule has 0 spiro atoms. The Morgan fingerprint density at radius 3 is 2.61 bits per heavy atom. The lowest BCUT2D eigenvalue weighted by Crippen LogP contribution is -2.44. The smallest absolute Gasteiger partial charge is 0.247 e. The van der Waals surface area contributed by atoms with Gasteiger partial charge >= 0.3 is 0 Å². The molecule has 0 fully saturated rings. The SMILES string of the molecule is Cc1cc(NC(=O)[C@H](CCC(C)(C)C)N(C=O)c2ccc([C@H](C)Nc3cc(Cl)cnc3C)s2)ccn1. The van der Waals surface area contributed by atoms with Crippen molar-refractivity contribution in [3.05, 3.63) is 64.0 Å². The van der Waals surface area contributed by atoms with Crippen LogP contribution in [0, 0.1) is 19.3 Å². The highest BCUT2D eigenvalue weighted by molar-refractivity contribution is 7.16. The second-order valence-corrected chi connectivity index (χ2v) is 11.7. The van der Waals surface area contributed by atoms with Gasteiger partial charge in [0, 0.05) is 28.7 Å². The number of rotatable bonds is 10. The van der Waals surface area contributed by atoms with Gasteiger partial charge in [0.1, 0.15) is 6.04 Å². The molecule has 9 heteroatoms. The minimum absolute atomic E-state index is 0.0161. The summed E-state index contributed by atoms with van der Waals surface area (Å²) in [6.07, 6.45) is 5.34. The molecule has 7 nitrogen and oxygen atoms in total. The molecule has 0 radical (unpaired) electrons. The number of carbonyl (C=O) groups is 2. The van der Waals surface area contributed by atoms with E-state index < -0.39 is 6.04 Å². The molecular formula is C27H34ClN5O2S. The number of nitrogens with one attached hydrogen (secondary N) is 2. The molecule has 0 saturated heterocycles. The third kappa shape index (κ3) is 7.51. The lowest BCUT2D eigenvalue weighted by Gasteiger charge is -2.29. The number of pyridine rings is 2. The molecule has 0 unspecified atom stereocenters. The van der Waals surface area contributed by atoms with Gasteiger partial charge in [0.05, 0.1) is 27.4 Å². The van der Waals surface area contributed by atoms with E-state index in [1.165, 1.54) is 11.3 Å². The number of anilines is 3. The van der Waals surface area contributed by atoms with E-state index in [9.17, 15) is 9.59 Å². The molecule has 0 bridgehead atoms. The molecule has 2 N–H and O–H groups in total. The number of amides is 2. The minimum atomic E-state index is -0.649. The molecular weight excluding hydrogens is 494 g/mol. The molecule has 0 saturated carbocycles. The van der Waals surface area contributed by atoms with Gasteiger partial charge in [-0.05, 0) is 69.4 Å². The number of thiophene rings is 1. The van der Waals surface area contributed by atoms with Crippen LogP contribution in [0.3, 0.4) is 0 Å². The fraction of sp³-hybridized carbons (Fsp3) is 0.407. The van der Waals surface area contributed by atoms with Gasteiger partial charge in [0.2, 0.25) is 12.3 Å². The maximum Gasteiger partial charge on any atom is 0.247 e. The number of halogens is 1. The van der Waals surface area contributed by atoms with Crippen LogP contribution in [-0.2, 0) is 9.59 Å². The van der Waals surface area contributed by atoms with Crippen molar-refractivity contribution in [3.8, 4) is 0 Å². The number of aryl methyl sites for hydroxylation is 2. The van der Waals surface area contributed by atoms with Crippen LogP contribution in [-0.4, -0.2) is 28.3 Å². The maximum absolute atomic E-state index is 13.4. The summed E-state index contributed by atoms with van der Waals surface area (Å²) in [4.78, 5) is 36.8. The normalized spacial score (nSPS) is 13.1. The van der Waals surface area contributed by atoms with Crippen LogP contribution in [0.1, 0.15) is 62.8 Å². The summed E-state index contributed by atoms with van der Waals surface area (Å²) in [6, 6.07) is 8.59. The van der Waals surface area contributed by atoms with Gasteiger partial charge in [0.25, 0.3) is 0 Å². The van der Waals surface area contributed by atoms with Crippen molar-refractivity contribution in [1.29, 1.82) is 0 Å². The van der Waals surface area contributed by atoms with Crippen molar-refractivity contribution in [1.82, 2.24) is 9.97 Å². The summed E-state index contributed by atoms with van der Waals surface area (Å²) in [7, 11) is 0. The van der Waals surface area contributed by atoms with Crippen LogP contribution in [0.25, 0.3) is 0 Å². The number of carbonyl (C=O) groups excluding carboxylic acids is 2. The van der Waals surface area contributed by atoms with Crippen LogP contribution < -0.4 is 15.5 Å². The van der Waals surface area contributed by atoms with Crippen LogP contribution >= 0.6 is 22.9 Å². The monoisotopic (exact) mass is 527 g/mol. The lowest BCUT2D eigenvalue weighted by molar-refractivity contribution is -0.119. The molecule has 3 aromatic rings. The van der Waals surface area contributed by atoms with E-state index in [2.05, 4.69) is 41.4 Å². The molecule has 3 aromatic heterocycles.